The molecule has 0 saturated carbocycles. The van der Waals surface area contributed by atoms with E-state index in [1.54, 1.807) is 4.90 Å². The lowest BCUT2D eigenvalue weighted by Gasteiger charge is -2.10. The number of hydrogen-bond acceptors (Lipinski definition) is 3. The van der Waals surface area contributed by atoms with Gasteiger partial charge in [0.25, 0.3) is 5.24 Å². The Hall–Kier alpha value is -0.220. The van der Waals surface area contributed by atoms with Crippen LogP contribution in [0.1, 0.15) is 6.92 Å². The summed E-state index contributed by atoms with van der Waals surface area (Å²) in [7, 11) is 0. The van der Waals surface area contributed by atoms with E-state index in [0.29, 0.717) is 6.54 Å². The Morgan fingerprint density at radius 2 is 2.60 bits per heavy atom. The molecule has 0 aromatic rings. The van der Waals surface area contributed by atoms with Crippen molar-refractivity contribution in [1.29, 1.82) is 0 Å². The predicted molar refractivity (Wildman–Crippen MR) is 41.1 cm³/mol. The fraction of sp³-hybridized carbons (Fsp3) is 0.833. The molecular formula is C6H11NO2S. The number of nitrogens with zero attached hydrogens (tertiary/aromatic N) is 1. The van der Waals surface area contributed by atoms with Crippen LogP contribution in [0.2, 0.25) is 0 Å². The van der Waals surface area contributed by atoms with Gasteiger partial charge in [0.05, 0.1) is 11.9 Å². The second-order valence-corrected chi connectivity index (χ2v) is 3.48. The van der Waals surface area contributed by atoms with Gasteiger partial charge in [0.2, 0.25) is 0 Å². The van der Waals surface area contributed by atoms with Crippen molar-refractivity contribution in [2.24, 2.45) is 0 Å². The summed E-state index contributed by atoms with van der Waals surface area (Å²) in [5.74, 6) is 0. The highest BCUT2D eigenvalue weighted by Gasteiger charge is 2.28. The highest BCUT2D eigenvalue weighted by Crippen LogP contribution is 2.24. The molecule has 1 unspecified atom stereocenters. The zero-order chi connectivity index (χ0) is 7.56. The van der Waals surface area contributed by atoms with Gasteiger partial charge in [0, 0.05) is 13.1 Å². The minimum absolute atomic E-state index is 0.0987. The summed E-state index contributed by atoms with van der Waals surface area (Å²) >= 11 is 1.24. The van der Waals surface area contributed by atoms with Crippen molar-refractivity contribution in [3.63, 3.8) is 0 Å². The Balaban J connectivity index is 2.44. The van der Waals surface area contributed by atoms with Gasteiger partial charge in [-0.15, -0.1) is 0 Å². The molecule has 0 aromatic carbocycles. The Labute approximate surface area is 64.4 Å². The molecular weight excluding hydrogens is 150 g/mol. The molecule has 1 heterocycles. The maximum absolute atomic E-state index is 11.0. The summed E-state index contributed by atoms with van der Waals surface area (Å²) in [4.78, 5) is 12.7. The molecule has 1 fully saturated rings. The van der Waals surface area contributed by atoms with Gasteiger partial charge in [-0.05, 0) is 6.92 Å². The molecule has 58 valence electrons. The highest BCUT2D eigenvalue weighted by molar-refractivity contribution is 8.14. The van der Waals surface area contributed by atoms with Crippen LogP contribution in [0.25, 0.3) is 0 Å². The van der Waals surface area contributed by atoms with Gasteiger partial charge in [0.1, 0.15) is 0 Å². The average Bonchev–Trinajstić information content (AvgIpc) is 2.30. The largest absolute Gasteiger partial charge is 0.395 e. The molecule has 3 nitrogen and oxygen atoms in total. The van der Waals surface area contributed by atoms with Gasteiger partial charge < -0.3 is 10.0 Å². The average molecular weight is 161 g/mol. The van der Waals surface area contributed by atoms with Gasteiger partial charge in [-0.2, -0.15) is 0 Å². The van der Waals surface area contributed by atoms with Gasteiger partial charge in [-0.25, -0.2) is 0 Å². The molecule has 1 aliphatic heterocycles. The molecule has 10 heavy (non-hydrogen) atoms. The number of hydrogen-bond donors (Lipinski definition) is 1. The third kappa shape index (κ3) is 1.44. The number of rotatable bonds is 2. The van der Waals surface area contributed by atoms with Crippen molar-refractivity contribution in [2.45, 2.75) is 12.2 Å². The molecule has 0 bridgehead atoms. The minimum atomic E-state index is 0.0987. The number of thioether (sulfide) groups is 1. The number of carbonyl (C=O) groups excluding carboxylic acids is 1. The molecule has 1 amide bonds. The lowest BCUT2D eigenvalue weighted by atomic mass is 10.4. The first kappa shape index (κ1) is 7.88. The minimum Gasteiger partial charge on any atom is -0.395 e. The molecule has 1 rings (SSSR count). The smallest absolute Gasteiger partial charge is 0.282 e. The third-order valence-corrected chi connectivity index (χ3v) is 2.63. The van der Waals surface area contributed by atoms with E-state index in [-0.39, 0.29) is 17.1 Å². The van der Waals surface area contributed by atoms with Crippen molar-refractivity contribution in [1.82, 2.24) is 4.90 Å². The van der Waals surface area contributed by atoms with Crippen molar-refractivity contribution in [3.05, 3.63) is 0 Å². The normalized spacial score (nSPS) is 26.0. The van der Waals surface area contributed by atoms with Crippen LogP contribution >= 0.6 is 11.8 Å². The zero-order valence-electron chi connectivity index (χ0n) is 5.91. The van der Waals surface area contributed by atoms with E-state index in [4.69, 9.17) is 5.11 Å². The molecule has 0 spiro atoms. The van der Waals surface area contributed by atoms with Gasteiger partial charge in [-0.3, -0.25) is 4.79 Å². The number of aliphatic hydroxyl groups excluding tert-OH is 1. The maximum Gasteiger partial charge on any atom is 0.282 e. The van der Waals surface area contributed by atoms with E-state index in [2.05, 4.69) is 0 Å². The van der Waals surface area contributed by atoms with Crippen LogP contribution in [0.15, 0.2) is 0 Å². The van der Waals surface area contributed by atoms with E-state index < -0.39 is 0 Å². The Kier molecular flexibility index (Phi) is 2.56. The molecule has 1 aliphatic rings. The predicted octanol–water partition coefficient (Wildman–Crippen LogP) is 0.536. The lowest BCUT2D eigenvalue weighted by Crippen LogP contribution is -2.25. The molecule has 0 aromatic heterocycles. The summed E-state index contributed by atoms with van der Waals surface area (Å²) in [6, 6.07) is 0. The summed E-state index contributed by atoms with van der Waals surface area (Å²) < 4.78 is 0. The van der Waals surface area contributed by atoms with Crippen molar-refractivity contribution in [2.75, 3.05) is 19.7 Å². The summed E-state index contributed by atoms with van der Waals surface area (Å²) in [6.07, 6.45) is 0. The van der Waals surface area contributed by atoms with Crippen molar-refractivity contribution < 1.29 is 9.90 Å². The van der Waals surface area contributed by atoms with Crippen LogP contribution in [-0.2, 0) is 0 Å². The SMILES string of the molecule is CCN1CC(CO)SC1=O. The fourth-order valence-electron chi connectivity index (χ4n) is 0.928. The van der Waals surface area contributed by atoms with Crippen LogP contribution in [0.4, 0.5) is 4.79 Å². The van der Waals surface area contributed by atoms with Crippen molar-refractivity contribution >= 4 is 17.0 Å². The first-order valence-corrected chi connectivity index (χ1v) is 4.22. The van der Waals surface area contributed by atoms with Crippen LogP contribution in [0.3, 0.4) is 0 Å². The van der Waals surface area contributed by atoms with E-state index in [1.165, 1.54) is 11.8 Å². The van der Waals surface area contributed by atoms with E-state index >= 15 is 0 Å². The Morgan fingerprint density at radius 3 is 2.90 bits per heavy atom. The van der Waals surface area contributed by atoms with Crippen LogP contribution in [0, 0.1) is 0 Å². The standard InChI is InChI=1S/C6H11NO2S/c1-2-7-3-5(4-8)10-6(7)9/h5,8H,2-4H2,1H3. The summed E-state index contributed by atoms with van der Waals surface area (Å²) in [5, 5.41) is 8.90. The second kappa shape index (κ2) is 3.25. The monoisotopic (exact) mass is 161 g/mol. The van der Waals surface area contributed by atoms with E-state index in [1.807, 2.05) is 6.92 Å². The quantitative estimate of drug-likeness (QED) is 0.642. The summed E-state index contributed by atoms with van der Waals surface area (Å²) in [6.45, 7) is 3.50. The van der Waals surface area contributed by atoms with E-state index in [9.17, 15) is 4.79 Å². The maximum atomic E-state index is 11.0. The number of amides is 1. The Bertz CT molecular complexity index is 140. The van der Waals surface area contributed by atoms with Crippen LogP contribution < -0.4 is 0 Å². The zero-order valence-corrected chi connectivity index (χ0v) is 6.73. The topological polar surface area (TPSA) is 40.5 Å². The van der Waals surface area contributed by atoms with Crippen molar-refractivity contribution in [3.8, 4) is 0 Å². The molecule has 4 heteroatoms. The molecule has 0 radical (unpaired) electrons. The molecule has 0 aliphatic carbocycles. The van der Waals surface area contributed by atoms with Gasteiger partial charge >= 0.3 is 0 Å². The summed E-state index contributed by atoms with van der Waals surface area (Å²) in [5.41, 5.74) is 0. The first-order chi connectivity index (χ1) is 4.77. The van der Waals surface area contributed by atoms with Crippen LogP contribution in [0.5, 0.6) is 0 Å². The van der Waals surface area contributed by atoms with Gasteiger partial charge in [-0.1, -0.05) is 11.8 Å². The third-order valence-electron chi connectivity index (χ3n) is 1.54. The second-order valence-electron chi connectivity index (χ2n) is 2.23. The molecule has 1 atom stereocenters. The molecule has 1 saturated heterocycles. The van der Waals surface area contributed by atoms with E-state index in [0.717, 1.165) is 6.54 Å². The van der Waals surface area contributed by atoms with Crippen LogP contribution in [-0.4, -0.2) is 40.2 Å². The number of aliphatic hydroxyl groups is 1. The fourth-order valence-corrected chi connectivity index (χ4v) is 1.89. The number of carbonyl (C=O) groups is 1. The highest BCUT2D eigenvalue weighted by atomic mass is 32.2. The van der Waals surface area contributed by atoms with Gasteiger partial charge in [0.15, 0.2) is 0 Å². The first-order valence-electron chi connectivity index (χ1n) is 3.34. The Morgan fingerprint density at radius 1 is 1.90 bits per heavy atom. The molecule has 1 N–H and O–H groups in total. The lowest BCUT2D eigenvalue weighted by molar-refractivity contribution is 0.225.